The van der Waals surface area contributed by atoms with E-state index in [9.17, 15) is 34.2 Å². The number of hydrogen-bond donors (Lipinski definition) is 2. The lowest BCUT2D eigenvalue weighted by Crippen LogP contribution is -2.58. The maximum Gasteiger partial charge on any atom is 0.305 e. The Kier molecular flexibility index (Phi) is 8.17. The minimum Gasteiger partial charge on any atom is -0.491 e. The van der Waals surface area contributed by atoms with E-state index in [1.54, 1.807) is 24.3 Å². The lowest BCUT2D eigenvalue weighted by Gasteiger charge is -2.55. The van der Waals surface area contributed by atoms with Gasteiger partial charge in [0.25, 0.3) is 0 Å². The first-order valence-corrected chi connectivity index (χ1v) is 16.3. The minimum atomic E-state index is -1.34. The van der Waals surface area contributed by atoms with Crippen LogP contribution in [0.2, 0.25) is 0 Å². The Bertz CT molecular complexity index is 1850. The fourth-order valence-electron chi connectivity index (χ4n) is 8.66. The number of imide groups is 1. The number of carboxylic acid groups (broad SMARTS) is 1. The summed E-state index contributed by atoms with van der Waals surface area (Å²) in [5.74, 6) is -5.27. The predicted molar refractivity (Wildman–Crippen MR) is 175 cm³/mol. The molecule has 2 N–H and O–H groups in total. The number of fused-ring (bicyclic) bond motifs is 4. The monoisotopic (exact) mass is 645 g/mol. The molecular formula is C39H35NO8. The Morgan fingerprint density at radius 2 is 1.56 bits per heavy atom. The molecule has 0 spiro atoms. The van der Waals surface area contributed by atoms with Gasteiger partial charge < -0.3 is 14.9 Å². The molecule has 0 bridgehead atoms. The molecule has 1 saturated carbocycles. The first kappa shape index (κ1) is 31.4. The van der Waals surface area contributed by atoms with E-state index in [1.807, 2.05) is 66.7 Å². The molecule has 3 aromatic rings. The lowest BCUT2D eigenvalue weighted by atomic mass is 9.44. The second-order valence-electron chi connectivity index (χ2n) is 12.9. The highest BCUT2D eigenvalue weighted by atomic mass is 16.5. The van der Waals surface area contributed by atoms with Crippen LogP contribution in [0.5, 0.6) is 5.75 Å². The van der Waals surface area contributed by atoms with Gasteiger partial charge in [-0.3, -0.25) is 28.9 Å². The lowest BCUT2D eigenvalue weighted by molar-refractivity contribution is -0.142. The third-order valence-corrected chi connectivity index (χ3v) is 10.6. The van der Waals surface area contributed by atoms with E-state index in [0.29, 0.717) is 22.4 Å². The second-order valence-corrected chi connectivity index (χ2v) is 12.9. The summed E-state index contributed by atoms with van der Waals surface area (Å²) in [4.78, 5) is 69.9. The van der Waals surface area contributed by atoms with Crippen molar-refractivity contribution in [3.05, 3.63) is 119 Å². The second kappa shape index (κ2) is 12.5. The molecule has 1 heterocycles. The number of aliphatic hydroxyl groups is 1. The van der Waals surface area contributed by atoms with Crippen LogP contribution in [0, 0.1) is 23.7 Å². The molecule has 6 atom stereocenters. The summed E-state index contributed by atoms with van der Waals surface area (Å²) in [6, 6.07) is 25.7. The van der Waals surface area contributed by atoms with E-state index in [2.05, 4.69) is 0 Å². The SMILES string of the molecule is O=C(O)CCN1C(=O)C2CC=C3C(CC4C(=O)C(c5ccccc5)=CC(=O)C4(c4ccccc4)C3c3ccc(OCCO)cc3)C2C1=O. The summed E-state index contributed by atoms with van der Waals surface area (Å²) in [5, 5.41) is 18.6. The number of rotatable bonds is 9. The van der Waals surface area contributed by atoms with Crippen molar-refractivity contribution in [3.63, 3.8) is 0 Å². The number of nitrogens with zero attached hydrogens (tertiary/aromatic N) is 1. The van der Waals surface area contributed by atoms with Gasteiger partial charge >= 0.3 is 5.97 Å². The number of Topliss-reactive ketones (excluding diaryl/α,β-unsaturated/α-hetero) is 1. The van der Waals surface area contributed by atoms with Crippen molar-refractivity contribution in [2.45, 2.75) is 30.6 Å². The normalized spacial score (nSPS) is 27.9. The third kappa shape index (κ3) is 4.92. The molecular weight excluding hydrogens is 610 g/mol. The molecule has 4 aliphatic rings. The first-order valence-electron chi connectivity index (χ1n) is 16.3. The fraction of sp³-hybridized carbons (Fsp3) is 0.308. The Labute approximate surface area is 277 Å². The molecule has 7 rings (SSSR count). The quantitative estimate of drug-likeness (QED) is 0.259. The molecule has 244 valence electrons. The van der Waals surface area contributed by atoms with Crippen LogP contribution in [0.25, 0.3) is 5.57 Å². The van der Waals surface area contributed by atoms with Gasteiger partial charge in [0.2, 0.25) is 11.8 Å². The zero-order valence-corrected chi connectivity index (χ0v) is 26.2. The molecule has 3 aliphatic carbocycles. The predicted octanol–water partition coefficient (Wildman–Crippen LogP) is 4.36. The van der Waals surface area contributed by atoms with Crippen LogP contribution in [0.4, 0.5) is 0 Å². The number of benzene rings is 3. The van der Waals surface area contributed by atoms with Crippen LogP contribution in [0.3, 0.4) is 0 Å². The van der Waals surface area contributed by atoms with Crippen molar-refractivity contribution >= 4 is 34.9 Å². The number of ketones is 2. The molecule has 2 fully saturated rings. The highest BCUT2D eigenvalue weighted by Crippen LogP contribution is 2.63. The van der Waals surface area contributed by atoms with Crippen LogP contribution in [0.1, 0.15) is 41.9 Å². The van der Waals surface area contributed by atoms with Gasteiger partial charge in [0.15, 0.2) is 11.6 Å². The van der Waals surface area contributed by atoms with Gasteiger partial charge in [0, 0.05) is 24.0 Å². The van der Waals surface area contributed by atoms with Crippen molar-refractivity contribution < 1.29 is 38.9 Å². The van der Waals surface area contributed by atoms with Gasteiger partial charge in [0.1, 0.15) is 12.4 Å². The summed E-state index contributed by atoms with van der Waals surface area (Å²) < 4.78 is 5.63. The number of ether oxygens (including phenoxy) is 1. The number of carbonyl (C=O) groups excluding carboxylic acids is 4. The van der Waals surface area contributed by atoms with Gasteiger partial charge in [-0.1, -0.05) is 84.4 Å². The summed E-state index contributed by atoms with van der Waals surface area (Å²) in [6.07, 6.45) is 3.55. The number of hydrogen-bond acceptors (Lipinski definition) is 7. The average Bonchev–Trinajstić information content (AvgIpc) is 3.36. The van der Waals surface area contributed by atoms with Crippen LogP contribution in [0.15, 0.2) is 103 Å². The molecule has 6 unspecified atom stereocenters. The number of carboxylic acids is 1. The van der Waals surface area contributed by atoms with E-state index in [0.717, 1.165) is 16.0 Å². The summed E-state index contributed by atoms with van der Waals surface area (Å²) >= 11 is 0. The van der Waals surface area contributed by atoms with E-state index < -0.39 is 46.9 Å². The molecule has 1 saturated heterocycles. The topological polar surface area (TPSA) is 138 Å². The maximum atomic E-state index is 15.0. The summed E-state index contributed by atoms with van der Waals surface area (Å²) in [5.41, 5.74) is 1.90. The van der Waals surface area contributed by atoms with Crippen LogP contribution < -0.4 is 4.74 Å². The Balaban J connectivity index is 1.43. The van der Waals surface area contributed by atoms with E-state index in [-0.39, 0.29) is 56.5 Å². The van der Waals surface area contributed by atoms with Gasteiger partial charge in [-0.15, -0.1) is 0 Å². The molecule has 9 heteroatoms. The van der Waals surface area contributed by atoms with E-state index in [1.165, 1.54) is 6.08 Å². The third-order valence-electron chi connectivity index (χ3n) is 10.6. The molecule has 48 heavy (non-hydrogen) atoms. The Hall–Kier alpha value is -5.15. The number of likely N-dealkylation sites (tertiary alicyclic amines) is 1. The van der Waals surface area contributed by atoms with Crippen molar-refractivity contribution in [2.75, 3.05) is 19.8 Å². The molecule has 3 aromatic carbocycles. The standard InChI is InChI=1S/C39H35NO8/c41-19-20-48-26-13-11-24(12-14-26)35-27-15-16-28-34(38(47)40(37(28)46)18-17-33(43)44)30(27)21-31-36(45)29(23-7-3-1-4-8-23)22-32(42)39(31,35)25-9-5-2-6-10-25/h1-15,22,28,30-31,34-35,41H,16-21H2,(H,43,44). The number of aliphatic hydroxyl groups excluding tert-OH is 1. The van der Waals surface area contributed by atoms with Gasteiger partial charge in [0.05, 0.1) is 30.3 Å². The number of amides is 2. The first-order chi connectivity index (χ1) is 23.3. The number of aliphatic carboxylic acids is 1. The van der Waals surface area contributed by atoms with E-state index >= 15 is 0 Å². The summed E-state index contributed by atoms with van der Waals surface area (Å²) in [7, 11) is 0. The zero-order chi connectivity index (χ0) is 33.6. The summed E-state index contributed by atoms with van der Waals surface area (Å²) in [6.45, 7) is -0.247. The number of allylic oxidation sites excluding steroid dienone is 4. The van der Waals surface area contributed by atoms with Gasteiger partial charge in [-0.2, -0.15) is 0 Å². The Morgan fingerprint density at radius 3 is 2.23 bits per heavy atom. The molecule has 2 amide bonds. The molecule has 0 aromatic heterocycles. The van der Waals surface area contributed by atoms with Crippen LogP contribution in [-0.4, -0.2) is 64.2 Å². The molecule has 9 nitrogen and oxygen atoms in total. The van der Waals surface area contributed by atoms with Crippen molar-refractivity contribution in [3.8, 4) is 5.75 Å². The number of carbonyl (C=O) groups is 5. The highest BCUT2D eigenvalue weighted by molar-refractivity contribution is 6.31. The van der Waals surface area contributed by atoms with Gasteiger partial charge in [-0.05, 0) is 53.7 Å². The smallest absolute Gasteiger partial charge is 0.305 e. The average molecular weight is 646 g/mol. The fourth-order valence-corrected chi connectivity index (χ4v) is 8.66. The maximum absolute atomic E-state index is 15.0. The molecule has 1 aliphatic heterocycles. The zero-order valence-electron chi connectivity index (χ0n) is 26.2. The Morgan fingerprint density at radius 1 is 0.875 bits per heavy atom. The van der Waals surface area contributed by atoms with Gasteiger partial charge in [-0.25, -0.2) is 0 Å². The van der Waals surface area contributed by atoms with Crippen LogP contribution >= 0.6 is 0 Å². The molecule has 0 radical (unpaired) electrons. The van der Waals surface area contributed by atoms with Crippen molar-refractivity contribution in [2.24, 2.45) is 23.7 Å². The van der Waals surface area contributed by atoms with Crippen molar-refractivity contribution in [1.82, 2.24) is 4.90 Å². The minimum absolute atomic E-state index is 0.115. The largest absolute Gasteiger partial charge is 0.491 e. The van der Waals surface area contributed by atoms with Crippen LogP contribution in [-0.2, 0) is 29.4 Å². The van der Waals surface area contributed by atoms with Crippen molar-refractivity contribution in [1.29, 1.82) is 0 Å². The highest BCUT2D eigenvalue weighted by Gasteiger charge is 2.65. The van der Waals surface area contributed by atoms with E-state index in [4.69, 9.17) is 4.74 Å².